The van der Waals surface area contributed by atoms with Gasteiger partial charge in [0, 0.05) is 24.7 Å². The van der Waals surface area contributed by atoms with Gasteiger partial charge >= 0.3 is 5.97 Å². The van der Waals surface area contributed by atoms with Crippen molar-refractivity contribution in [1.82, 2.24) is 10.2 Å². The Morgan fingerprint density at radius 3 is 2.32 bits per heavy atom. The number of amides is 2. The Kier molecular flexibility index (Phi) is 8.94. The molecule has 6 heteroatoms. The van der Waals surface area contributed by atoms with Gasteiger partial charge in [-0.05, 0) is 19.4 Å². The number of carbonyl (C=O) groups excluding carboxylic acids is 2. The lowest BCUT2D eigenvalue weighted by atomic mass is 10.2. The van der Waals surface area contributed by atoms with Gasteiger partial charge in [-0.2, -0.15) is 0 Å². The molecule has 2 N–H and O–H groups in total. The van der Waals surface area contributed by atoms with Crippen LogP contribution in [0.25, 0.3) is 0 Å². The molecule has 0 aromatic rings. The highest BCUT2D eigenvalue weighted by Crippen LogP contribution is 2.00. The van der Waals surface area contributed by atoms with Crippen molar-refractivity contribution >= 4 is 17.8 Å². The Morgan fingerprint density at radius 2 is 1.86 bits per heavy atom. The highest BCUT2D eigenvalue weighted by atomic mass is 16.4. The fraction of sp³-hybridized carbons (Fsp3) is 0.312. The van der Waals surface area contributed by atoms with Gasteiger partial charge < -0.3 is 15.3 Å². The number of carboxylic acid groups (broad SMARTS) is 1. The van der Waals surface area contributed by atoms with Crippen LogP contribution in [0.3, 0.4) is 0 Å². The Bertz CT molecular complexity index is 504. The van der Waals surface area contributed by atoms with Gasteiger partial charge in [-0.25, -0.2) is 0 Å². The van der Waals surface area contributed by atoms with Crippen LogP contribution in [0.15, 0.2) is 49.1 Å². The average Bonchev–Trinajstić information content (AvgIpc) is 2.46. The average molecular weight is 306 g/mol. The normalized spacial score (nSPS) is 11.3. The minimum Gasteiger partial charge on any atom is -0.480 e. The first-order chi connectivity index (χ1) is 10.3. The minimum absolute atomic E-state index is 0.260. The minimum atomic E-state index is -1.11. The molecule has 0 unspecified atom stereocenters. The zero-order valence-electron chi connectivity index (χ0n) is 12.9. The van der Waals surface area contributed by atoms with Crippen molar-refractivity contribution in [2.75, 3.05) is 13.1 Å². The summed E-state index contributed by atoms with van der Waals surface area (Å²) in [6.45, 7) is 10.4. The molecule has 0 aliphatic heterocycles. The molecule has 2 amide bonds. The molecule has 120 valence electrons. The van der Waals surface area contributed by atoms with Crippen LogP contribution in [0.5, 0.6) is 0 Å². The van der Waals surface area contributed by atoms with Crippen LogP contribution < -0.4 is 5.32 Å². The molecule has 0 aliphatic carbocycles. The monoisotopic (exact) mass is 306 g/mol. The summed E-state index contributed by atoms with van der Waals surface area (Å²) >= 11 is 0. The largest absolute Gasteiger partial charge is 0.480 e. The molecule has 0 heterocycles. The van der Waals surface area contributed by atoms with Gasteiger partial charge in [-0.15, -0.1) is 0 Å². The first kappa shape index (κ1) is 19.4. The highest BCUT2D eigenvalue weighted by molar-refractivity contribution is 5.97. The second kappa shape index (κ2) is 10.1. The SMILES string of the molecule is C=C/C=C(\C=C)CNC(=O)/C=C/C(=O)N(CC(=O)O)C(C)C. The second-order valence-electron chi connectivity index (χ2n) is 4.69. The Morgan fingerprint density at radius 1 is 1.23 bits per heavy atom. The number of carbonyl (C=O) groups is 3. The number of nitrogens with zero attached hydrogens (tertiary/aromatic N) is 1. The van der Waals surface area contributed by atoms with Gasteiger partial charge in [-0.1, -0.05) is 31.4 Å². The van der Waals surface area contributed by atoms with Gasteiger partial charge in [0.15, 0.2) is 0 Å². The van der Waals surface area contributed by atoms with Crippen LogP contribution in [-0.4, -0.2) is 46.9 Å². The summed E-state index contributed by atoms with van der Waals surface area (Å²) < 4.78 is 0. The van der Waals surface area contributed by atoms with E-state index in [1.165, 1.54) is 0 Å². The smallest absolute Gasteiger partial charge is 0.323 e. The van der Waals surface area contributed by atoms with E-state index in [-0.39, 0.29) is 12.6 Å². The van der Waals surface area contributed by atoms with Gasteiger partial charge in [0.2, 0.25) is 11.8 Å². The van der Waals surface area contributed by atoms with Gasteiger partial charge in [-0.3, -0.25) is 14.4 Å². The van der Waals surface area contributed by atoms with Crippen molar-refractivity contribution in [2.45, 2.75) is 19.9 Å². The van der Waals surface area contributed by atoms with Crippen LogP contribution in [0, 0.1) is 0 Å². The lowest BCUT2D eigenvalue weighted by Gasteiger charge is -2.23. The van der Waals surface area contributed by atoms with Crippen LogP contribution in [0.4, 0.5) is 0 Å². The summed E-state index contributed by atoms with van der Waals surface area (Å²) in [6, 6.07) is -0.279. The third-order valence-electron chi connectivity index (χ3n) is 2.65. The van der Waals surface area contributed by atoms with E-state index < -0.39 is 24.3 Å². The first-order valence-electron chi connectivity index (χ1n) is 6.74. The number of carboxylic acids is 1. The second-order valence-corrected chi connectivity index (χ2v) is 4.69. The molecule has 0 radical (unpaired) electrons. The maximum Gasteiger partial charge on any atom is 0.323 e. The maximum atomic E-state index is 11.9. The number of aliphatic carboxylic acids is 1. The summed E-state index contributed by atoms with van der Waals surface area (Å²) in [5.74, 6) is -2.09. The topological polar surface area (TPSA) is 86.7 Å². The van der Waals surface area contributed by atoms with Crippen LogP contribution in [-0.2, 0) is 14.4 Å². The third-order valence-corrected chi connectivity index (χ3v) is 2.65. The van der Waals surface area contributed by atoms with E-state index in [1.807, 2.05) is 0 Å². The number of rotatable bonds is 9. The summed E-state index contributed by atoms with van der Waals surface area (Å²) in [6.07, 6.45) is 7.01. The van der Waals surface area contributed by atoms with E-state index in [0.717, 1.165) is 22.6 Å². The summed E-state index contributed by atoms with van der Waals surface area (Å²) in [5, 5.41) is 11.3. The molecule has 0 saturated heterocycles. The summed E-state index contributed by atoms with van der Waals surface area (Å²) in [4.78, 5) is 35.4. The molecule has 0 saturated carbocycles. The molecular formula is C16H22N2O4. The molecule has 0 atom stereocenters. The highest BCUT2D eigenvalue weighted by Gasteiger charge is 2.17. The van der Waals surface area contributed by atoms with E-state index in [0.29, 0.717) is 0 Å². The molecular weight excluding hydrogens is 284 g/mol. The van der Waals surface area contributed by atoms with E-state index >= 15 is 0 Å². The van der Waals surface area contributed by atoms with Crippen LogP contribution in [0.2, 0.25) is 0 Å². The van der Waals surface area contributed by atoms with E-state index in [2.05, 4.69) is 18.5 Å². The molecule has 6 nitrogen and oxygen atoms in total. The van der Waals surface area contributed by atoms with Crippen molar-refractivity contribution in [2.24, 2.45) is 0 Å². The predicted octanol–water partition coefficient (Wildman–Crippen LogP) is 1.28. The summed E-state index contributed by atoms with van der Waals surface area (Å²) in [7, 11) is 0. The predicted molar refractivity (Wildman–Crippen MR) is 85.1 cm³/mol. The van der Waals surface area contributed by atoms with E-state index in [4.69, 9.17) is 5.11 Å². The maximum absolute atomic E-state index is 11.9. The van der Waals surface area contributed by atoms with E-state index in [1.54, 1.807) is 32.1 Å². The quantitative estimate of drug-likeness (QED) is 0.496. The Balaban J connectivity index is 4.61. The van der Waals surface area contributed by atoms with Crippen molar-refractivity contribution in [1.29, 1.82) is 0 Å². The lowest BCUT2D eigenvalue weighted by Crippen LogP contribution is -2.39. The van der Waals surface area contributed by atoms with Gasteiger partial charge in [0.05, 0.1) is 0 Å². The van der Waals surface area contributed by atoms with E-state index in [9.17, 15) is 14.4 Å². The molecule has 0 aromatic carbocycles. The Labute approximate surface area is 130 Å². The standard InChI is InChI=1S/C16H22N2O4/c1-5-7-13(6-2)10-17-14(19)8-9-15(20)18(12(3)4)11-16(21)22/h5-9,12H,1-2,10-11H2,3-4H3,(H,17,19)(H,21,22)/b9-8+,13-7+. The van der Waals surface area contributed by atoms with Crippen molar-refractivity contribution < 1.29 is 19.5 Å². The number of hydrogen-bond acceptors (Lipinski definition) is 3. The number of allylic oxidation sites excluding steroid dienone is 2. The van der Waals surface area contributed by atoms with Crippen molar-refractivity contribution in [3.63, 3.8) is 0 Å². The summed E-state index contributed by atoms with van der Waals surface area (Å²) in [5.41, 5.74) is 0.776. The Hall–Kier alpha value is -2.63. The van der Waals surface area contributed by atoms with Gasteiger partial charge in [0.1, 0.15) is 6.54 Å². The molecule has 0 bridgehead atoms. The van der Waals surface area contributed by atoms with Crippen molar-refractivity contribution in [3.8, 4) is 0 Å². The first-order valence-corrected chi connectivity index (χ1v) is 6.74. The fourth-order valence-electron chi connectivity index (χ4n) is 1.50. The molecule has 0 aliphatic rings. The molecule has 22 heavy (non-hydrogen) atoms. The fourth-order valence-corrected chi connectivity index (χ4v) is 1.50. The van der Waals surface area contributed by atoms with Gasteiger partial charge in [0.25, 0.3) is 0 Å². The lowest BCUT2D eigenvalue weighted by molar-refractivity contribution is -0.143. The van der Waals surface area contributed by atoms with Crippen LogP contribution >= 0.6 is 0 Å². The zero-order chi connectivity index (χ0) is 17.1. The molecule has 0 spiro atoms. The molecule has 0 rings (SSSR count). The zero-order valence-corrected chi connectivity index (χ0v) is 12.9. The number of nitrogens with one attached hydrogen (secondary N) is 1. The molecule has 0 aromatic heterocycles. The van der Waals surface area contributed by atoms with Crippen LogP contribution in [0.1, 0.15) is 13.8 Å². The third kappa shape index (κ3) is 7.84. The number of hydrogen-bond donors (Lipinski definition) is 2. The van der Waals surface area contributed by atoms with Crippen molar-refractivity contribution in [3.05, 3.63) is 49.1 Å². The molecule has 0 fully saturated rings.